The molecule has 0 aromatic rings. The number of rotatable bonds is 3. The number of hydrogen-bond donors (Lipinski definition) is 2. The molecule has 0 aliphatic heterocycles. The summed E-state index contributed by atoms with van der Waals surface area (Å²) in [7, 11) is 0. The van der Waals surface area contributed by atoms with Crippen molar-refractivity contribution in [2.45, 2.75) is 20.0 Å². The second kappa shape index (κ2) is 3.37. The van der Waals surface area contributed by atoms with Crippen LogP contribution >= 0.6 is 0 Å². The maximum atomic E-state index is 10.4. The van der Waals surface area contributed by atoms with E-state index in [-0.39, 0.29) is 11.5 Å². The van der Waals surface area contributed by atoms with Gasteiger partial charge in [-0.05, 0) is 5.92 Å². The van der Waals surface area contributed by atoms with E-state index in [0.29, 0.717) is 0 Å². The van der Waals surface area contributed by atoms with Gasteiger partial charge < -0.3 is 10.8 Å². The summed E-state index contributed by atoms with van der Waals surface area (Å²) >= 11 is 0. The van der Waals surface area contributed by atoms with Gasteiger partial charge in [0, 0.05) is 5.57 Å². The zero-order valence-corrected chi connectivity index (χ0v) is 6.29. The SMILES string of the molecule is C=C(C(N)=O)C(O)C(C)C. The van der Waals surface area contributed by atoms with Crippen LogP contribution in [0, 0.1) is 5.92 Å². The van der Waals surface area contributed by atoms with Crippen molar-refractivity contribution < 1.29 is 9.90 Å². The summed E-state index contributed by atoms with van der Waals surface area (Å²) < 4.78 is 0. The second-order valence-electron chi connectivity index (χ2n) is 2.58. The number of aliphatic hydroxyl groups excluding tert-OH is 1. The first-order chi connectivity index (χ1) is 4.46. The Hall–Kier alpha value is -0.830. The van der Waals surface area contributed by atoms with Crippen molar-refractivity contribution >= 4 is 5.91 Å². The van der Waals surface area contributed by atoms with E-state index in [0.717, 1.165) is 0 Å². The molecule has 1 amide bonds. The Morgan fingerprint density at radius 3 is 2.10 bits per heavy atom. The highest BCUT2D eigenvalue weighted by Crippen LogP contribution is 2.08. The van der Waals surface area contributed by atoms with Crippen LogP contribution in [0.25, 0.3) is 0 Å². The van der Waals surface area contributed by atoms with Crippen molar-refractivity contribution in [3.8, 4) is 0 Å². The molecular weight excluding hydrogens is 130 g/mol. The van der Waals surface area contributed by atoms with Crippen molar-refractivity contribution in [2.75, 3.05) is 0 Å². The number of aliphatic hydroxyl groups is 1. The molecule has 0 fully saturated rings. The first-order valence-corrected chi connectivity index (χ1v) is 3.13. The fourth-order valence-corrected chi connectivity index (χ4v) is 0.548. The summed E-state index contributed by atoms with van der Waals surface area (Å²) in [5.74, 6) is -0.652. The lowest BCUT2D eigenvalue weighted by molar-refractivity contribution is -0.115. The van der Waals surface area contributed by atoms with Crippen LogP contribution in [0.4, 0.5) is 0 Å². The van der Waals surface area contributed by atoms with Gasteiger partial charge in [-0.25, -0.2) is 0 Å². The van der Waals surface area contributed by atoms with E-state index in [4.69, 9.17) is 10.8 Å². The Labute approximate surface area is 60.5 Å². The molecule has 10 heavy (non-hydrogen) atoms. The zero-order valence-electron chi connectivity index (χ0n) is 6.29. The van der Waals surface area contributed by atoms with Gasteiger partial charge in [0.05, 0.1) is 6.10 Å². The zero-order chi connectivity index (χ0) is 8.31. The van der Waals surface area contributed by atoms with Crippen molar-refractivity contribution in [2.24, 2.45) is 11.7 Å². The molecule has 1 atom stereocenters. The molecule has 1 unspecified atom stereocenters. The molecule has 0 radical (unpaired) electrons. The molecule has 0 spiro atoms. The Balaban J connectivity index is 4.08. The van der Waals surface area contributed by atoms with Gasteiger partial charge in [-0.2, -0.15) is 0 Å². The molecule has 0 aliphatic carbocycles. The minimum Gasteiger partial charge on any atom is -0.388 e. The number of carbonyl (C=O) groups is 1. The maximum absolute atomic E-state index is 10.4. The van der Waals surface area contributed by atoms with Gasteiger partial charge in [0.25, 0.3) is 0 Å². The highest BCUT2D eigenvalue weighted by atomic mass is 16.3. The number of nitrogens with two attached hydrogens (primary N) is 1. The largest absolute Gasteiger partial charge is 0.388 e. The fourth-order valence-electron chi connectivity index (χ4n) is 0.548. The van der Waals surface area contributed by atoms with Crippen LogP contribution in [0.3, 0.4) is 0 Å². The van der Waals surface area contributed by atoms with Crippen LogP contribution in [0.15, 0.2) is 12.2 Å². The molecule has 0 heterocycles. The van der Waals surface area contributed by atoms with Gasteiger partial charge in [-0.15, -0.1) is 0 Å². The smallest absolute Gasteiger partial charge is 0.246 e. The summed E-state index contributed by atoms with van der Waals surface area (Å²) in [5, 5.41) is 9.16. The normalized spacial score (nSPS) is 13.2. The minimum absolute atomic E-state index is 0.0139. The van der Waals surface area contributed by atoms with Crippen LogP contribution in [0.2, 0.25) is 0 Å². The molecular formula is C7H13NO2. The first-order valence-electron chi connectivity index (χ1n) is 3.13. The van der Waals surface area contributed by atoms with E-state index in [2.05, 4.69) is 6.58 Å². The van der Waals surface area contributed by atoms with E-state index in [1.807, 2.05) is 0 Å². The first kappa shape index (κ1) is 9.17. The number of hydrogen-bond acceptors (Lipinski definition) is 2. The average molecular weight is 143 g/mol. The van der Waals surface area contributed by atoms with Gasteiger partial charge in [-0.1, -0.05) is 20.4 Å². The highest BCUT2D eigenvalue weighted by molar-refractivity contribution is 5.92. The van der Waals surface area contributed by atoms with Gasteiger partial charge in [0.15, 0.2) is 0 Å². The quantitative estimate of drug-likeness (QED) is 0.548. The van der Waals surface area contributed by atoms with Crippen LogP contribution in [0.1, 0.15) is 13.8 Å². The van der Waals surface area contributed by atoms with E-state index >= 15 is 0 Å². The average Bonchev–Trinajstić information content (AvgIpc) is 1.84. The third-order valence-electron chi connectivity index (χ3n) is 1.30. The molecule has 0 aliphatic rings. The third kappa shape index (κ3) is 2.19. The summed E-state index contributed by atoms with van der Waals surface area (Å²) in [6.45, 7) is 6.93. The highest BCUT2D eigenvalue weighted by Gasteiger charge is 2.16. The third-order valence-corrected chi connectivity index (χ3v) is 1.30. The second-order valence-corrected chi connectivity index (χ2v) is 2.58. The maximum Gasteiger partial charge on any atom is 0.246 e. The van der Waals surface area contributed by atoms with Crippen LogP contribution in [-0.2, 0) is 4.79 Å². The minimum atomic E-state index is -0.808. The van der Waals surface area contributed by atoms with Crippen molar-refractivity contribution in [1.29, 1.82) is 0 Å². The van der Waals surface area contributed by atoms with Crippen molar-refractivity contribution in [3.05, 3.63) is 12.2 Å². The van der Waals surface area contributed by atoms with Gasteiger partial charge in [0.2, 0.25) is 5.91 Å². The van der Waals surface area contributed by atoms with Crippen LogP contribution in [0.5, 0.6) is 0 Å². The van der Waals surface area contributed by atoms with E-state index in [9.17, 15) is 4.79 Å². The van der Waals surface area contributed by atoms with E-state index in [1.165, 1.54) is 0 Å². The summed E-state index contributed by atoms with van der Waals surface area (Å²) in [5.41, 5.74) is 4.95. The molecule has 0 saturated carbocycles. The monoisotopic (exact) mass is 143 g/mol. The lowest BCUT2D eigenvalue weighted by atomic mass is 10.0. The molecule has 0 saturated heterocycles. The summed E-state index contributed by atoms with van der Waals surface area (Å²) in [6.07, 6.45) is -0.808. The molecule has 0 aromatic heterocycles. The molecule has 3 N–H and O–H groups in total. The number of amides is 1. The fraction of sp³-hybridized carbons (Fsp3) is 0.571. The molecule has 0 bridgehead atoms. The van der Waals surface area contributed by atoms with Crippen molar-refractivity contribution in [3.63, 3.8) is 0 Å². The van der Waals surface area contributed by atoms with Crippen LogP contribution < -0.4 is 5.73 Å². The van der Waals surface area contributed by atoms with E-state index < -0.39 is 12.0 Å². The standard InChI is InChI=1S/C7H13NO2/c1-4(2)6(9)5(3)7(8)10/h4,6,9H,3H2,1-2H3,(H2,8,10). The van der Waals surface area contributed by atoms with Gasteiger partial charge in [0.1, 0.15) is 0 Å². The molecule has 3 heteroatoms. The number of carbonyl (C=O) groups excluding carboxylic acids is 1. The molecule has 0 rings (SSSR count). The Morgan fingerprint density at radius 1 is 1.60 bits per heavy atom. The number of primary amides is 1. The lowest BCUT2D eigenvalue weighted by Gasteiger charge is -2.13. The van der Waals surface area contributed by atoms with Gasteiger partial charge >= 0.3 is 0 Å². The topological polar surface area (TPSA) is 63.3 Å². The van der Waals surface area contributed by atoms with Crippen molar-refractivity contribution in [1.82, 2.24) is 0 Å². The Bertz CT molecular complexity index is 152. The van der Waals surface area contributed by atoms with Crippen LogP contribution in [-0.4, -0.2) is 17.1 Å². The van der Waals surface area contributed by atoms with Gasteiger partial charge in [-0.3, -0.25) is 4.79 Å². The molecule has 3 nitrogen and oxygen atoms in total. The molecule has 0 aromatic carbocycles. The molecule has 58 valence electrons. The Kier molecular flexibility index (Phi) is 3.09. The summed E-state index contributed by atoms with van der Waals surface area (Å²) in [4.78, 5) is 10.4. The predicted octanol–water partition coefficient (Wildman–Crippen LogP) is 0.0448. The summed E-state index contributed by atoms with van der Waals surface area (Å²) in [6, 6.07) is 0. The predicted molar refractivity (Wildman–Crippen MR) is 39.2 cm³/mol. The Morgan fingerprint density at radius 2 is 2.00 bits per heavy atom. The lowest BCUT2D eigenvalue weighted by Crippen LogP contribution is -2.27. The van der Waals surface area contributed by atoms with E-state index in [1.54, 1.807) is 13.8 Å².